The monoisotopic (exact) mass is 379 g/mol. The van der Waals surface area contributed by atoms with Gasteiger partial charge in [0, 0.05) is 17.0 Å². The molecule has 0 radical (unpaired) electrons. The summed E-state index contributed by atoms with van der Waals surface area (Å²) < 4.78 is 2.17. The van der Waals surface area contributed by atoms with Crippen LogP contribution in [-0.2, 0) is 12.3 Å². The van der Waals surface area contributed by atoms with Gasteiger partial charge in [-0.05, 0) is 42.3 Å². The van der Waals surface area contributed by atoms with Gasteiger partial charge in [-0.25, -0.2) is 9.97 Å². The maximum Gasteiger partial charge on any atom is 0.170 e. The molecular weight excluding hydrogens is 362 g/mol. The number of aromatic nitrogens is 3. The molecule has 0 fully saturated rings. The first-order chi connectivity index (χ1) is 12.7. The van der Waals surface area contributed by atoms with Crippen molar-refractivity contribution in [1.29, 1.82) is 0 Å². The lowest BCUT2D eigenvalue weighted by Crippen LogP contribution is -2.02. The molecule has 0 saturated carbocycles. The summed E-state index contributed by atoms with van der Waals surface area (Å²) in [7, 11) is 0. The van der Waals surface area contributed by atoms with Crippen molar-refractivity contribution < 1.29 is 0 Å². The van der Waals surface area contributed by atoms with Crippen molar-refractivity contribution in [1.82, 2.24) is 14.5 Å². The SMILES string of the molecule is Cc1cccc(CSc2nc3cccnc3n2Cc2cccc(Cl)c2)c1. The quantitative estimate of drug-likeness (QED) is 0.414. The third-order valence-electron chi connectivity index (χ3n) is 4.15. The maximum atomic E-state index is 6.15. The summed E-state index contributed by atoms with van der Waals surface area (Å²) in [5.41, 5.74) is 5.53. The van der Waals surface area contributed by atoms with Gasteiger partial charge >= 0.3 is 0 Å². The molecule has 0 N–H and O–H groups in total. The molecule has 5 heteroatoms. The maximum absolute atomic E-state index is 6.15. The van der Waals surface area contributed by atoms with E-state index in [1.165, 1.54) is 11.1 Å². The molecule has 0 spiro atoms. The normalized spacial score (nSPS) is 11.2. The molecule has 0 aliphatic rings. The Balaban J connectivity index is 1.67. The number of hydrogen-bond acceptors (Lipinski definition) is 3. The minimum absolute atomic E-state index is 0.699. The molecule has 130 valence electrons. The van der Waals surface area contributed by atoms with Crippen LogP contribution in [0.3, 0.4) is 0 Å². The Morgan fingerprint density at radius 3 is 2.69 bits per heavy atom. The summed E-state index contributed by atoms with van der Waals surface area (Å²) in [4.78, 5) is 9.34. The zero-order valence-corrected chi connectivity index (χ0v) is 16.0. The minimum atomic E-state index is 0.699. The molecule has 0 aliphatic heterocycles. The van der Waals surface area contributed by atoms with E-state index in [-0.39, 0.29) is 0 Å². The van der Waals surface area contributed by atoms with Crippen molar-refractivity contribution >= 4 is 34.5 Å². The van der Waals surface area contributed by atoms with Crippen LogP contribution in [0.15, 0.2) is 72.0 Å². The predicted octanol–water partition coefficient (Wildman–Crippen LogP) is 5.73. The summed E-state index contributed by atoms with van der Waals surface area (Å²) in [6.07, 6.45) is 1.81. The zero-order chi connectivity index (χ0) is 17.9. The van der Waals surface area contributed by atoms with Gasteiger partial charge in [0.15, 0.2) is 10.8 Å². The number of imidazole rings is 1. The largest absolute Gasteiger partial charge is 0.299 e. The predicted molar refractivity (Wildman–Crippen MR) is 109 cm³/mol. The Bertz CT molecular complexity index is 1060. The van der Waals surface area contributed by atoms with Gasteiger partial charge in [0.25, 0.3) is 0 Å². The third kappa shape index (κ3) is 3.76. The number of rotatable bonds is 5. The highest BCUT2D eigenvalue weighted by atomic mass is 35.5. The van der Waals surface area contributed by atoms with Crippen LogP contribution < -0.4 is 0 Å². The van der Waals surface area contributed by atoms with Crippen molar-refractivity contribution in [2.45, 2.75) is 24.4 Å². The van der Waals surface area contributed by atoms with Gasteiger partial charge in [0.2, 0.25) is 0 Å². The molecule has 0 unspecified atom stereocenters. The van der Waals surface area contributed by atoms with Crippen LogP contribution in [-0.4, -0.2) is 14.5 Å². The standard InChI is InChI=1S/C21H18ClN3S/c1-15-5-2-7-17(11-15)14-26-21-24-19-9-4-10-23-20(19)25(21)13-16-6-3-8-18(22)12-16/h2-12H,13-14H2,1H3. The van der Waals surface area contributed by atoms with Crippen LogP contribution in [0.5, 0.6) is 0 Å². The lowest BCUT2D eigenvalue weighted by Gasteiger charge is -2.09. The molecule has 4 aromatic rings. The van der Waals surface area contributed by atoms with Crippen molar-refractivity contribution in [3.05, 3.63) is 88.6 Å². The highest BCUT2D eigenvalue weighted by Crippen LogP contribution is 2.27. The van der Waals surface area contributed by atoms with Gasteiger partial charge in [-0.2, -0.15) is 0 Å². The summed E-state index contributed by atoms with van der Waals surface area (Å²) in [6.45, 7) is 2.82. The second-order valence-corrected chi connectivity index (χ2v) is 7.61. The molecule has 3 nitrogen and oxygen atoms in total. The van der Waals surface area contributed by atoms with E-state index in [1.807, 2.05) is 36.5 Å². The molecule has 4 rings (SSSR count). The molecule has 0 atom stereocenters. The molecule has 2 heterocycles. The summed E-state index contributed by atoms with van der Waals surface area (Å²) in [6, 6.07) is 20.5. The van der Waals surface area contributed by atoms with E-state index in [0.717, 1.165) is 32.7 Å². The van der Waals surface area contributed by atoms with Gasteiger partial charge in [-0.15, -0.1) is 0 Å². The smallest absolute Gasteiger partial charge is 0.170 e. The number of fused-ring (bicyclic) bond motifs is 1. The van der Waals surface area contributed by atoms with E-state index < -0.39 is 0 Å². The van der Waals surface area contributed by atoms with Crippen LogP contribution in [0.1, 0.15) is 16.7 Å². The molecule has 0 bridgehead atoms. The highest BCUT2D eigenvalue weighted by molar-refractivity contribution is 7.98. The van der Waals surface area contributed by atoms with Crippen LogP contribution in [0, 0.1) is 6.92 Å². The first kappa shape index (κ1) is 17.1. The first-order valence-electron chi connectivity index (χ1n) is 8.43. The molecule has 2 aromatic heterocycles. The Kier molecular flexibility index (Phi) is 4.96. The van der Waals surface area contributed by atoms with Crippen LogP contribution in [0.2, 0.25) is 5.02 Å². The van der Waals surface area contributed by atoms with E-state index in [2.05, 4.69) is 46.8 Å². The summed E-state index contributed by atoms with van der Waals surface area (Å²) >= 11 is 7.89. The lowest BCUT2D eigenvalue weighted by molar-refractivity contribution is 0.724. The number of pyridine rings is 1. The van der Waals surface area contributed by atoms with Crippen molar-refractivity contribution in [2.24, 2.45) is 0 Å². The number of benzene rings is 2. The topological polar surface area (TPSA) is 30.7 Å². The van der Waals surface area contributed by atoms with Gasteiger partial charge in [-0.1, -0.05) is 65.3 Å². The Morgan fingerprint density at radius 2 is 1.85 bits per heavy atom. The van der Waals surface area contributed by atoms with Gasteiger partial charge in [0.1, 0.15) is 5.52 Å². The summed E-state index contributed by atoms with van der Waals surface area (Å²) in [5.74, 6) is 0.876. The van der Waals surface area contributed by atoms with E-state index >= 15 is 0 Å². The van der Waals surface area contributed by atoms with Crippen molar-refractivity contribution in [3.63, 3.8) is 0 Å². The first-order valence-corrected chi connectivity index (χ1v) is 9.79. The average molecular weight is 380 g/mol. The van der Waals surface area contributed by atoms with E-state index in [9.17, 15) is 0 Å². The Morgan fingerprint density at radius 1 is 1.00 bits per heavy atom. The van der Waals surface area contributed by atoms with Crippen molar-refractivity contribution in [2.75, 3.05) is 0 Å². The van der Waals surface area contributed by atoms with Gasteiger partial charge in [0.05, 0.1) is 6.54 Å². The average Bonchev–Trinajstić information content (AvgIpc) is 2.98. The fourth-order valence-corrected chi connectivity index (χ4v) is 4.12. The summed E-state index contributed by atoms with van der Waals surface area (Å²) in [5, 5.41) is 1.72. The molecular formula is C21H18ClN3S. The van der Waals surface area contributed by atoms with E-state index in [1.54, 1.807) is 11.8 Å². The number of aryl methyl sites for hydroxylation is 1. The fraction of sp³-hybridized carbons (Fsp3) is 0.143. The number of nitrogens with zero attached hydrogens (tertiary/aromatic N) is 3. The highest BCUT2D eigenvalue weighted by Gasteiger charge is 2.13. The number of hydrogen-bond donors (Lipinski definition) is 0. The van der Waals surface area contributed by atoms with Gasteiger partial charge in [-0.3, -0.25) is 4.57 Å². The third-order valence-corrected chi connectivity index (χ3v) is 5.43. The molecule has 0 amide bonds. The lowest BCUT2D eigenvalue weighted by atomic mass is 10.2. The van der Waals surface area contributed by atoms with Gasteiger partial charge < -0.3 is 0 Å². The van der Waals surface area contributed by atoms with E-state index in [4.69, 9.17) is 16.6 Å². The number of halogens is 1. The second kappa shape index (κ2) is 7.52. The second-order valence-electron chi connectivity index (χ2n) is 6.23. The minimum Gasteiger partial charge on any atom is -0.299 e. The van der Waals surface area contributed by atoms with Crippen molar-refractivity contribution in [3.8, 4) is 0 Å². The Hall–Kier alpha value is -2.30. The van der Waals surface area contributed by atoms with E-state index in [0.29, 0.717) is 6.54 Å². The zero-order valence-electron chi connectivity index (χ0n) is 14.4. The van der Waals surface area contributed by atoms with Crippen LogP contribution in [0.4, 0.5) is 0 Å². The molecule has 0 aliphatic carbocycles. The molecule has 2 aromatic carbocycles. The Labute approximate surface area is 162 Å². The molecule has 26 heavy (non-hydrogen) atoms. The number of thioether (sulfide) groups is 1. The van der Waals surface area contributed by atoms with Crippen LogP contribution >= 0.6 is 23.4 Å². The van der Waals surface area contributed by atoms with Crippen LogP contribution in [0.25, 0.3) is 11.2 Å². The molecule has 0 saturated heterocycles. The fourth-order valence-electron chi connectivity index (χ4n) is 2.96.